The molecule has 0 bridgehead atoms. The number of anilines is 1. The summed E-state index contributed by atoms with van der Waals surface area (Å²) < 4.78 is 13.3. The Bertz CT molecular complexity index is 780. The Balaban J connectivity index is 1.85. The van der Waals surface area contributed by atoms with Crippen LogP contribution < -0.4 is 5.32 Å². The number of nitrogens with zero attached hydrogens (tertiary/aromatic N) is 1. The van der Waals surface area contributed by atoms with E-state index in [9.17, 15) is 14.0 Å². The van der Waals surface area contributed by atoms with Gasteiger partial charge in [0.25, 0.3) is 0 Å². The molecule has 0 fully saturated rings. The number of carbonyl (C=O) groups excluding carboxylic acids is 2. The Morgan fingerprint density at radius 3 is 2.52 bits per heavy atom. The van der Waals surface area contributed by atoms with Gasteiger partial charge in [0, 0.05) is 18.8 Å². The van der Waals surface area contributed by atoms with Crippen molar-refractivity contribution in [1.82, 2.24) is 4.90 Å². The van der Waals surface area contributed by atoms with Crippen LogP contribution in [0.3, 0.4) is 0 Å². The lowest BCUT2D eigenvalue weighted by Crippen LogP contribution is -2.36. The second kappa shape index (κ2) is 10.1. The molecule has 2 aromatic carbocycles. The number of rotatable bonds is 8. The molecule has 27 heavy (non-hydrogen) atoms. The highest BCUT2D eigenvalue weighted by atomic mass is 32.2. The lowest BCUT2D eigenvalue weighted by molar-refractivity contribution is -0.130. The minimum absolute atomic E-state index is 0.0603. The molecule has 4 nitrogen and oxygen atoms in total. The average Bonchev–Trinajstić information content (AvgIpc) is 2.65. The second-order valence-electron chi connectivity index (χ2n) is 6.35. The molecule has 0 saturated carbocycles. The van der Waals surface area contributed by atoms with Gasteiger partial charge in [0.15, 0.2) is 0 Å². The van der Waals surface area contributed by atoms with E-state index < -0.39 is 0 Å². The molecule has 1 N–H and O–H groups in total. The van der Waals surface area contributed by atoms with Crippen LogP contribution in [0.25, 0.3) is 0 Å². The first-order valence-corrected chi connectivity index (χ1v) is 9.95. The first-order chi connectivity index (χ1) is 12.9. The molecular weight excluding hydrogens is 363 g/mol. The number of aryl methyl sites for hydroxylation is 1. The highest BCUT2D eigenvalue weighted by Gasteiger charge is 2.21. The van der Waals surface area contributed by atoms with Crippen LogP contribution in [-0.4, -0.2) is 34.3 Å². The molecule has 0 radical (unpaired) electrons. The standard InChI is InChI=1S/C21H25FN2O2S/c1-4-24(13-17-6-5-7-18(22)12-17)21(26)16(3)27-14-20(25)23-19-10-8-15(2)9-11-19/h5-12,16H,4,13-14H2,1-3H3,(H,23,25). The number of benzene rings is 2. The van der Waals surface area contributed by atoms with E-state index in [0.29, 0.717) is 13.1 Å². The minimum Gasteiger partial charge on any atom is -0.338 e. The first-order valence-electron chi connectivity index (χ1n) is 8.90. The molecule has 0 aliphatic heterocycles. The molecule has 1 unspecified atom stereocenters. The van der Waals surface area contributed by atoms with Gasteiger partial charge in [-0.2, -0.15) is 0 Å². The van der Waals surface area contributed by atoms with Gasteiger partial charge in [-0.15, -0.1) is 11.8 Å². The van der Waals surface area contributed by atoms with Crippen LogP contribution in [0, 0.1) is 12.7 Å². The molecular formula is C21H25FN2O2S. The summed E-state index contributed by atoms with van der Waals surface area (Å²) in [7, 11) is 0. The topological polar surface area (TPSA) is 49.4 Å². The lowest BCUT2D eigenvalue weighted by atomic mass is 10.2. The average molecular weight is 389 g/mol. The summed E-state index contributed by atoms with van der Waals surface area (Å²) >= 11 is 1.30. The van der Waals surface area contributed by atoms with Crippen molar-refractivity contribution in [1.29, 1.82) is 0 Å². The minimum atomic E-state index is -0.359. The van der Waals surface area contributed by atoms with Crippen molar-refractivity contribution >= 4 is 29.3 Å². The zero-order valence-electron chi connectivity index (χ0n) is 15.9. The summed E-state index contributed by atoms with van der Waals surface area (Å²) in [6.07, 6.45) is 0. The van der Waals surface area contributed by atoms with Gasteiger partial charge in [-0.3, -0.25) is 9.59 Å². The molecule has 0 heterocycles. The number of hydrogen-bond acceptors (Lipinski definition) is 3. The molecule has 2 aromatic rings. The van der Waals surface area contributed by atoms with Gasteiger partial charge in [0.05, 0.1) is 11.0 Å². The van der Waals surface area contributed by atoms with Crippen molar-refractivity contribution in [3.8, 4) is 0 Å². The van der Waals surface area contributed by atoms with Crippen molar-refractivity contribution in [2.75, 3.05) is 17.6 Å². The fraction of sp³-hybridized carbons (Fsp3) is 0.333. The maximum atomic E-state index is 13.3. The van der Waals surface area contributed by atoms with Gasteiger partial charge in [-0.1, -0.05) is 29.8 Å². The molecule has 2 amide bonds. The number of halogens is 1. The fourth-order valence-corrected chi connectivity index (χ4v) is 3.33. The number of thioether (sulfide) groups is 1. The van der Waals surface area contributed by atoms with Gasteiger partial charge in [0.2, 0.25) is 11.8 Å². The van der Waals surface area contributed by atoms with E-state index in [1.807, 2.05) is 38.1 Å². The smallest absolute Gasteiger partial charge is 0.235 e. The fourth-order valence-electron chi connectivity index (χ4n) is 2.56. The van der Waals surface area contributed by atoms with Gasteiger partial charge < -0.3 is 10.2 Å². The quantitative estimate of drug-likeness (QED) is 0.736. The Hall–Kier alpha value is -2.34. The number of amides is 2. The lowest BCUT2D eigenvalue weighted by Gasteiger charge is -2.24. The van der Waals surface area contributed by atoms with E-state index in [-0.39, 0.29) is 28.6 Å². The monoisotopic (exact) mass is 388 g/mol. The van der Waals surface area contributed by atoms with Crippen molar-refractivity contribution in [3.05, 3.63) is 65.5 Å². The van der Waals surface area contributed by atoms with E-state index in [4.69, 9.17) is 0 Å². The largest absolute Gasteiger partial charge is 0.338 e. The number of carbonyl (C=O) groups is 2. The molecule has 2 rings (SSSR count). The third-order valence-corrected chi connectivity index (χ3v) is 5.23. The van der Waals surface area contributed by atoms with Crippen molar-refractivity contribution in [2.24, 2.45) is 0 Å². The molecule has 0 aliphatic carbocycles. The number of hydrogen-bond donors (Lipinski definition) is 1. The van der Waals surface area contributed by atoms with Crippen molar-refractivity contribution < 1.29 is 14.0 Å². The van der Waals surface area contributed by atoms with Crippen LogP contribution in [0.5, 0.6) is 0 Å². The zero-order chi connectivity index (χ0) is 19.8. The molecule has 0 aliphatic rings. The predicted molar refractivity (Wildman–Crippen MR) is 109 cm³/mol. The molecule has 0 saturated heterocycles. The maximum Gasteiger partial charge on any atom is 0.235 e. The molecule has 6 heteroatoms. The van der Waals surface area contributed by atoms with E-state index in [0.717, 1.165) is 16.8 Å². The highest BCUT2D eigenvalue weighted by molar-refractivity contribution is 8.01. The van der Waals surface area contributed by atoms with Crippen LogP contribution in [0.2, 0.25) is 0 Å². The summed E-state index contributed by atoms with van der Waals surface area (Å²) in [6, 6.07) is 13.8. The predicted octanol–water partition coefficient (Wildman–Crippen LogP) is 4.24. The summed E-state index contributed by atoms with van der Waals surface area (Å²) in [5, 5.41) is 2.47. The van der Waals surface area contributed by atoms with Crippen molar-refractivity contribution in [3.63, 3.8) is 0 Å². The van der Waals surface area contributed by atoms with Gasteiger partial charge >= 0.3 is 0 Å². The Morgan fingerprint density at radius 1 is 1.19 bits per heavy atom. The summed E-state index contributed by atoms with van der Waals surface area (Å²) in [6.45, 7) is 6.54. The first kappa shape index (κ1) is 21.0. The van der Waals surface area contributed by atoms with Crippen LogP contribution in [0.15, 0.2) is 48.5 Å². The number of nitrogens with one attached hydrogen (secondary N) is 1. The van der Waals surface area contributed by atoms with Crippen LogP contribution >= 0.6 is 11.8 Å². The Kier molecular flexibility index (Phi) is 7.85. The van der Waals surface area contributed by atoms with Crippen molar-refractivity contribution in [2.45, 2.75) is 32.6 Å². The zero-order valence-corrected chi connectivity index (χ0v) is 16.7. The molecule has 144 valence electrons. The maximum absolute atomic E-state index is 13.3. The summed E-state index contributed by atoms with van der Waals surface area (Å²) in [5.74, 6) is -0.323. The molecule has 1 atom stereocenters. The van der Waals surface area contributed by atoms with Gasteiger partial charge in [-0.05, 0) is 50.6 Å². The Labute approximate surface area is 164 Å². The van der Waals surface area contributed by atoms with Gasteiger partial charge in [-0.25, -0.2) is 4.39 Å². The van der Waals surface area contributed by atoms with E-state index in [1.165, 1.54) is 23.9 Å². The Morgan fingerprint density at radius 2 is 1.89 bits per heavy atom. The summed E-state index contributed by atoms with van der Waals surface area (Å²) in [4.78, 5) is 26.4. The molecule has 0 spiro atoms. The van der Waals surface area contributed by atoms with Crippen LogP contribution in [0.1, 0.15) is 25.0 Å². The highest BCUT2D eigenvalue weighted by Crippen LogP contribution is 2.17. The third-order valence-electron chi connectivity index (χ3n) is 4.10. The van der Waals surface area contributed by atoms with Crippen LogP contribution in [-0.2, 0) is 16.1 Å². The SMILES string of the molecule is CCN(Cc1cccc(F)c1)C(=O)C(C)SCC(=O)Nc1ccc(C)cc1. The van der Waals surface area contributed by atoms with Crippen LogP contribution in [0.4, 0.5) is 10.1 Å². The van der Waals surface area contributed by atoms with E-state index >= 15 is 0 Å². The normalized spacial score (nSPS) is 11.7. The second-order valence-corrected chi connectivity index (χ2v) is 7.68. The summed E-state index contributed by atoms with van der Waals surface area (Å²) in [5.41, 5.74) is 2.62. The third kappa shape index (κ3) is 6.71. The van der Waals surface area contributed by atoms with E-state index in [2.05, 4.69) is 5.32 Å². The van der Waals surface area contributed by atoms with E-state index in [1.54, 1.807) is 24.0 Å². The van der Waals surface area contributed by atoms with Gasteiger partial charge in [0.1, 0.15) is 5.82 Å². The molecule has 0 aromatic heterocycles.